The molecular weight excluding hydrogens is 350 g/mol. The van der Waals surface area contributed by atoms with Gasteiger partial charge in [-0.25, -0.2) is 0 Å². The Labute approximate surface area is 163 Å². The summed E-state index contributed by atoms with van der Waals surface area (Å²) in [5, 5.41) is 17.1. The van der Waals surface area contributed by atoms with E-state index in [0.29, 0.717) is 31.8 Å². The molecule has 1 aromatic carbocycles. The average molecular weight is 373 g/mol. The van der Waals surface area contributed by atoms with Crippen LogP contribution in [0.25, 0.3) is 16.7 Å². The number of aromatic nitrogens is 4. The van der Waals surface area contributed by atoms with Crippen molar-refractivity contribution in [3.63, 3.8) is 0 Å². The molecule has 142 valence electrons. The number of hydrogen-bond acceptors (Lipinski definition) is 5. The van der Waals surface area contributed by atoms with Crippen molar-refractivity contribution in [1.82, 2.24) is 19.2 Å². The molecule has 0 unspecified atom stereocenters. The van der Waals surface area contributed by atoms with Crippen LogP contribution >= 0.6 is 0 Å². The van der Waals surface area contributed by atoms with E-state index in [9.17, 15) is 0 Å². The fraction of sp³-hybridized carbons (Fsp3) is 0.238. The molecule has 0 spiro atoms. The van der Waals surface area contributed by atoms with Gasteiger partial charge in [0.15, 0.2) is 5.65 Å². The molecule has 7 heteroatoms. The van der Waals surface area contributed by atoms with Crippen LogP contribution in [0.15, 0.2) is 53.5 Å². The van der Waals surface area contributed by atoms with Gasteiger partial charge in [0, 0.05) is 25.7 Å². The van der Waals surface area contributed by atoms with Crippen molar-refractivity contribution >= 4 is 28.6 Å². The highest BCUT2D eigenvalue weighted by molar-refractivity contribution is 6.07. The van der Waals surface area contributed by atoms with Crippen LogP contribution in [-0.2, 0) is 6.54 Å². The molecule has 0 atom stereocenters. The first-order valence-electron chi connectivity index (χ1n) is 9.33. The number of nitrogens with one attached hydrogen (secondary N) is 1. The van der Waals surface area contributed by atoms with Crippen LogP contribution in [0.5, 0.6) is 0 Å². The number of aliphatic imine (C=N–C) groups is 1. The zero-order chi connectivity index (χ0) is 19.5. The Morgan fingerprint density at radius 3 is 2.75 bits per heavy atom. The van der Waals surface area contributed by atoms with Crippen molar-refractivity contribution in [2.45, 2.75) is 19.9 Å². The molecule has 7 nitrogen and oxygen atoms in total. The summed E-state index contributed by atoms with van der Waals surface area (Å²) in [7, 11) is 0. The van der Waals surface area contributed by atoms with Gasteiger partial charge in [-0.15, -0.1) is 10.2 Å². The average Bonchev–Trinajstić information content (AvgIpc) is 3.27. The molecule has 0 bridgehead atoms. The Kier molecular flexibility index (Phi) is 4.99. The van der Waals surface area contributed by atoms with Gasteiger partial charge >= 0.3 is 0 Å². The highest BCUT2D eigenvalue weighted by atomic mass is 15.2. The maximum absolute atomic E-state index is 8.65. The van der Waals surface area contributed by atoms with E-state index in [-0.39, 0.29) is 0 Å². The molecule has 0 aliphatic heterocycles. The predicted octanol–water partition coefficient (Wildman–Crippen LogP) is 2.83. The standard InChI is InChI=1S/C21H23N7/c1-15-25-26-21-8-7-18-20(28(15)21)13-19(17(23)9-11-24-12-10-22)27(18)14-16-5-3-2-4-6-16/h2-8,11,13,23H,9-10,12,14,22H2,1H3. The van der Waals surface area contributed by atoms with E-state index in [1.54, 1.807) is 6.21 Å². The minimum Gasteiger partial charge on any atom is -0.334 e. The molecular formula is C21H23N7. The van der Waals surface area contributed by atoms with Crippen molar-refractivity contribution in [1.29, 1.82) is 5.41 Å². The maximum Gasteiger partial charge on any atom is 0.161 e. The fourth-order valence-corrected chi connectivity index (χ4v) is 3.45. The third kappa shape index (κ3) is 3.32. The summed E-state index contributed by atoms with van der Waals surface area (Å²) in [6.07, 6.45) is 2.24. The molecule has 0 saturated heterocycles. The van der Waals surface area contributed by atoms with E-state index >= 15 is 0 Å². The van der Waals surface area contributed by atoms with Crippen LogP contribution in [-0.4, -0.2) is 44.2 Å². The number of nitrogens with zero attached hydrogens (tertiary/aromatic N) is 5. The van der Waals surface area contributed by atoms with Gasteiger partial charge < -0.3 is 15.7 Å². The number of rotatable bonds is 7. The molecule has 4 rings (SSSR count). The van der Waals surface area contributed by atoms with Gasteiger partial charge in [0.2, 0.25) is 0 Å². The van der Waals surface area contributed by atoms with Gasteiger partial charge in [-0.05, 0) is 30.7 Å². The smallest absolute Gasteiger partial charge is 0.161 e. The lowest BCUT2D eigenvalue weighted by Crippen LogP contribution is -2.11. The van der Waals surface area contributed by atoms with Crippen LogP contribution in [0.3, 0.4) is 0 Å². The summed E-state index contributed by atoms with van der Waals surface area (Å²) in [6, 6.07) is 16.4. The molecule has 3 N–H and O–H groups in total. The van der Waals surface area contributed by atoms with Gasteiger partial charge in [-0.1, -0.05) is 30.3 Å². The minimum absolute atomic E-state index is 0.468. The third-order valence-corrected chi connectivity index (χ3v) is 4.77. The van der Waals surface area contributed by atoms with Crippen molar-refractivity contribution in [2.75, 3.05) is 13.1 Å². The number of benzene rings is 1. The number of hydrogen-bond donors (Lipinski definition) is 2. The van der Waals surface area contributed by atoms with Crippen molar-refractivity contribution < 1.29 is 0 Å². The van der Waals surface area contributed by atoms with E-state index in [1.165, 1.54) is 5.56 Å². The summed E-state index contributed by atoms with van der Waals surface area (Å²) < 4.78 is 4.22. The quantitative estimate of drug-likeness (QED) is 0.487. The number of pyridine rings is 1. The predicted molar refractivity (Wildman–Crippen MR) is 113 cm³/mol. The zero-order valence-electron chi connectivity index (χ0n) is 15.8. The minimum atomic E-state index is 0.468. The first-order chi connectivity index (χ1) is 13.7. The maximum atomic E-state index is 8.65. The lowest BCUT2D eigenvalue weighted by molar-refractivity contribution is 0.825. The Balaban J connectivity index is 1.83. The second-order valence-corrected chi connectivity index (χ2v) is 6.71. The topological polar surface area (TPSA) is 97.3 Å². The molecule has 0 aliphatic carbocycles. The van der Waals surface area contributed by atoms with Gasteiger partial charge in [-0.3, -0.25) is 9.39 Å². The molecule has 4 aromatic rings. The van der Waals surface area contributed by atoms with Crippen LogP contribution < -0.4 is 5.73 Å². The number of aryl methyl sites for hydroxylation is 1. The van der Waals surface area contributed by atoms with E-state index < -0.39 is 0 Å². The molecule has 3 aromatic heterocycles. The van der Waals surface area contributed by atoms with Gasteiger partial charge in [-0.2, -0.15) is 0 Å². The molecule has 0 amide bonds. The first-order valence-corrected chi connectivity index (χ1v) is 9.33. The van der Waals surface area contributed by atoms with E-state index in [1.807, 2.05) is 35.6 Å². The van der Waals surface area contributed by atoms with E-state index in [0.717, 1.165) is 28.2 Å². The van der Waals surface area contributed by atoms with E-state index in [2.05, 4.69) is 44.0 Å². The largest absolute Gasteiger partial charge is 0.334 e. The lowest BCUT2D eigenvalue weighted by Gasteiger charge is -2.11. The second-order valence-electron chi connectivity index (χ2n) is 6.71. The summed E-state index contributed by atoms with van der Waals surface area (Å²) >= 11 is 0. The Morgan fingerprint density at radius 2 is 1.96 bits per heavy atom. The SMILES string of the molecule is Cc1nnc2ccc3c(cc(C(=N)CC=NCCN)n3Cc3ccccc3)n12. The Hall–Kier alpha value is -3.32. The molecule has 0 radical (unpaired) electrons. The number of nitrogens with two attached hydrogens (primary N) is 1. The normalized spacial score (nSPS) is 11.8. The first kappa shape index (κ1) is 18.1. The third-order valence-electron chi connectivity index (χ3n) is 4.77. The summed E-state index contributed by atoms with van der Waals surface area (Å²) in [5.74, 6) is 0.833. The highest BCUT2D eigenvalue weighted by Gasteiger charge is 2.16. The molecule has 3 heterocycles. The monoisotopic (exact) mass is 373 g/mol. The molecule has 28 heavy (non-hydrogen) atoms. The highest BCUT2D eigenvalue weighted by Crippen LogP contribution is 2.24. The van der Waals surface area contributed by atoms with Gasteiger partial charge in [0.25, 0.3) is 0 Å². The van der Waals surface area contributed by atoms with Crippen LogP contribution in [0.4, 0.5) is 0 Å². The molecule has 0 fully saturated rings. The van der Waals surface area contributed by atoms with E-state index in [4.69, 9.17) is 11.1 Å². The van der Waals surface area contributed by atoms with Crippen LogP contribution in [0.2, 0.25) is 0 Å². The molecule has 0 aliphatic rings. The van der Waals surface area contributed by atoms with Crippen molar-refractivity contribution in [2.24, 2.45) is 10.7 Å². The molecule has 0 saturated carbocycles. The van der Waals surface area contributed by atoms with Crippen LogP contribution in [0.1, 0.15) is 23.5 Å². The lowest BCUT2D eigenvalue weighted by atomic mass is 10.2. The Morgan fingerprint density at radius 1 is 1.14 bits per heavy atom. The van der Waals surface area contributed by atoms with Gasteiger partial charge in [0.05, 0.1) is 29.0 Å². The Bertz CT molecular complexity index is 1150. The van der Waals surface area contributed by atoms with Crippen molar-refractivity contribution in [3.8, 4) is 0 Å². The van der Waals surface area contributed by atoms with Gasteiger partial charge in [0.1, 0.15) is 5.82 Å². The van der Waals surface area contributed by atoms with Crippen LogP contribution in [0, 0.1) is 12.3 Å². The summed E-state index contributed by atoms with van der Waals surface area (Å²) in [4.78, 5) is 4.25. The second kappa shape index (κ2) is 7.74. The fourth-order valence-electron chi connectivity index (χ4n) is 3.45. The summed E-state index contributed by atoms with van der Waals surface area (Å²) in [6.45, 7) is 3.73. The van der Waals surface area contributed by atoms with Crippen molar-refractivity contribution in [3.05, 3.63) is 65.6 Å². The zero-order valence-corrected chi connectivity index (χ0v) is 15.8. The number of fused-ring (bicyclic) bond motifs is 3. The summed E-state index contributed by atoms with van der Waals surface area (Å²) in [5.41, 5.74) is 10.9.